The van der Waals surface area contributed by atoms with Crippen molar-refractivity contribution in [3.63, 3.8) is 0 Å². The van der Waals surface area contributed by atoms with Crippen LogP contribution in [0.25, 0.3) is 0 Å². The Morgan fingerprint density at radius 3 is 2.47 bits per heavy atom. The highest BCUT2D eigenvalue weighted by molar-refractivity contribution is 4.85. The van der Waals surface area contributed by atoms with Gasteiger partial charge in [-0.05, 0) is 17.8 Å². The van der Waals surface area contributed by atoms with E-state index in [1.54, 1.807) is 0 Å². The van der Waals surface area contributed by atoms with Crippen molar-refractivity contribution in [1.82, 2.24) is 0 Å². The van der Waals surface area contributed by atoms with Crippen molar-refractivity contribution >= 4 is 0 Å². The first-order valence-electron chi connectivity index (χ1n) is 5.94. The Balaban J connectivity index is 2.50. The van der Waals surface area contributed by atoms with E-state index in [1.807, 2.05) is 0 Å². The molecular formula is C11H22O4. The minimum atomic E-state index is -0.114. The highest BCUT2D eigenvalue weighted by Gasteiger charge is 2.38. The number of rotatable bonds is 5. The topological polar surface area (TPSA) is 58.9 Å². The maximum atomic E-state index is 9.23. The van der Waals surface area contributed by atoms with Gasteiger partial charge in [0.05, 0.1) is 25.4 Å². The molecule has 0 spiro atoms. The Bertz CT molecular complexity index is 200. The van der Waals surface area contributed by atoms with Crippen LogP contribution in [0.15, 0.2) is 0 Å². The molecule has 0 bridgehead atoms. The molecule has 1 fully saturated rings. The van der Waals surface area contributed by atoms with E-state index >= 15 is 0 Å². The summed E-state index contributed by atoms with van der Waals surface area (Å²) in [5.41, 5.74) is 0. The quantitative estimate of drug-likeness (QED) is 0.527. The molecule has 4 heteroatoms. The highest BCUT2D eigenvalue weighted by atomic mass is 16.6. The van der Waals surface area contributed by atoms with Gasteiger partial charge in [0.25, 0.3) is 0 Å². The molecule has 0 radical (unpaired) electrons. The first-order valence-corrected chi connectivity index (χ1v) is 5.54. The predicted molar refractivity (Wildman–Crippen MR) is 56.3 cm³/mol. The fourth-order valence-corrected chi connectivity index (χ4v) is 2.19. The van der Waals surface area contributed by atoms with Crippen molar-refractivity contribution in [2.24, 2.45) is 17.8 Å². The van der Waals surface area contributed by atoms with Crippen LogP contribution >= 0.6 is 0 Å². The molecule has 0 aliphatic carbocycles. The fourth-order valence-electron chi connectivity index (χ4n) is 2.19. The Hall–Kier alpha value is -0.160. The maximum Gasteiger partial charge on any atom is 0.213 e. The van der Waals surface area contributed by atoms with Crippen LogP contribution in [0.5, 0.6) is 0 Å². The van der Waals surface area contributed by atoms with Crippen LogP contribution in [-0.4, -0.2) is 43.9 Å². The first kappa shape index (κ1) is 11.3. The van der Waals surface area contributed by atoms with Gasteiger partial charge in [-0.15, -0.1) is 0 Å². The zero-order valence-electron chi connectivity index (χ0n) is 10.7. The average Bonchev–Trinajstić information content (AvgIpc) is 2.29. The summed E-state index contributed by atoms with van der Waals surface area (Å²) in [4.78, 5) is 0. The summed E-state index contributed by atoms with van der Waals surface area (Å²) in [7, 11) is 0. The molecule has 0 unspecified atom stereocenters. The summed E-state index contributed by atoms with van der Waals surface area (Å²) >= 11 is 0. The van der Waals surface area contributed by atoms with Crippen molar-refractivity contribution in [2.45, 2.75) is 33.0 Å². The molecule has 0 aromatic rings. The van der Waals surface area contributed by atoms with E-state index in [0.29, 0.717) is 24.4 Å². The first-order chi connectivity index (χ1) is 7.61. The Morgan fingerprint density at radius 1 is 1.20 bits per heavy atom. The van der Waals surface area contributed by atoms with Crippen LogP contribution in [-0.2, 0) is 9.47 Å². The Labute approximate surface area is 92.7 Å². The van der Waals surface area contributed by atoms with Gasteiger partial charge in [0.1, 0.15) is 6.79 Å². The third kappa shape index (κ3) is 2.91. The highest BCUT2D eigenvalue weighted by Crippen LogP contribution is 2.34. The molecule has 1 heterocycles. The van der Waals surface area contributed by atoms with E-state index in [-0.39, 0.29) is 25.6 Å². The lowest BCUT2D eigenvalue weighted by Crippen LogP contribution is -2.48. The second kappa shape index (κ2) is 5.80. The lowest BCUT2D eigenvalue weighted by atomic mass is 9.77. The molecule has 5 atom stereocenters. The molecule has 0 amide bonds. The van der Waals surface area contributed by atoms with E-state index in [9.17, 15) is 5.11 Å². The SMILES string of the molecule is [3H]OCOC[C@H]1O[C@@H](CO)[C@H](C)[C@@H](C)[C@@H]1C. The molecule has 90 valence electrons. The summed E-state index contributed by atoms with van der Waals surface area (Å²) in [6.07, 6.45) is -0.143. The molecule has 1 rings (SSSR count). The Kier molecular flexibility index (Phi) is 4.38. The van der Waals surface area contributed by atoms with E-state index in [2.05, 4.69) is 25.9 Å². The van der Waals surface area contributed by atoms with Gasteiger partial charge < -0.3 is 19.7 Å². The predicted octanol–water partition coefficient (Wildman–Crippen LogP) is 0.621. The van der Waals surface area contributed by atoms with Gasteiger partial charge in [0.15, 0.2) is 0 Å². The molecule has 0 aromatic carbocycles. The zero-order chi connectivity index (χ0) is 12.1. The summed E-state index contributed by atoms with van der Waals surface area (Å²) in [6, 6.07) is 0. The Morgan fingerprint density at radius 2 is 1.87 bits per heavy atom. The van der Waals surface area contributed by atoms with Gasteiger partial charge in [-0.1, -0.05) is 20.8 Å². The van der Waals surface area contributed by atoms with Gasteiger partial charge >= 0.3 is 0 Å². The van der Waals surface area contributed by atoms with Gasteiger partial charge in [0.2, 0.25) is 1.43 Å². The maximum absolute atomic E-state index is 9.23. The zero-order valence-corrected chi connectivity index (χ0v) is 9.68. The molecule has 0 saturated carbocycles. The average molecular weight is 220 g/mol. The third-order valence-electron chi connectivity index (χ3n) is 3.73. The standard InChI is InChI=1S/C11H22O4/c1-7-8(2)10(4-12)15-11(9(7)3)5-14-6-13/h7-13H,4-6H2,1-3H3/t7-,8-,9+,10+,11-/m1/s1/i13T. The van der Waals surface area contributed by atoms with Gasteiger partial charge in [0, 0.05) is 0 Å². The van der Waals surface area contributed by atoms with Crippen LogP contribution in [0.4, 0.5) is 0 Å². The van der Waals surface area contributed by atoms with Gasteiger partial charge in [-0.25, -0.2) is 0 Å². The summed E-state index contributed by atoms with van der Waals surface area (Å²) in [6.45, 7) is 6.82. The van der Waals surface area contributed by atoms with Crippen molar-refractivity contribution < 1.29 is 19.7 Å². The van der Waals surface area contributed by atoms with E-state index in [4.69, 9.17) is 10.9 Å². The normalized spacial score (nSPS) is 42.7. The summed E-state index contributed by atoms with van der Waals surface area (Å²) in [5.74, 6) is 1.21. The van der Waals surface area contributed by atoms with Crippen molar-refractivity contribution in [3.05, 3.63) is 0 Å². The van der Waals surface area contributed by atoms with E-state index < -0.39 is 0 Å². The lowest BCUT2D eigenvalue weighted by Gasteiger charge is -2.43. The number of hydrogen-bond acceptors (Lipinski definition) is 4. The van der Waals surface area contributed by atoms with Gasteiger partial charge in [-0.2, -0.15) is 0 Å². The van der Waals surface area contributed by atoms with Crippen molar-refractivity contribution in [2.75, 3.05) is 20.0 Å². The second-order valence-corrected chi connectivity index (χ2v) is 4.46. The molecular weight excluding hydrogens is 196 g/mol. The van der Waals surface area contributed by atoms with Crippen LogP contribution in [0.2, 0.25) is 0 Å². The number of aliphatic hydroxyl groups excluding tert-OH is 2. The molecule has 0 aromatic heterocycles. The molecule has 1 saturated heterocycles. The van der Waals surface area contributed by atoms with Crippen LogP contribution in [0, 0.1) is 17.8 Å². The van der Waals surface area contributed by atoms with Crippen LogP contribution in [0.3, 0.4) is 0 Å². The van der Waals surface area contributed by atoms with E-state index in [0.717, 1.165) is 0 Å². The molecule has 2 N–H and O–H groups in total. The number of aliphatic hydroxyl groups is 2. The molecule has 1 aliphatic rings. The van der Waals surface area contributed by atoms with E-state index in [1.165, 1.54) is 0 Å². The monoisotopic (exact) mass is 220 g/mol. The molecule has 1 aliphatic heterocycles. The number of ether oxygens (including phenoxy) is 2. The summed E-state index contributed by atoms with van der Waals surface area (Å²) in [5, 5.41) is 13.3. The smallest absolute Gasteiger partial charge is 0.213 e. The minimum absolute atomic E-state index is 0.0292. The molecule has 4 nitrogen and oxygen atoms in total. The summed E-state index contributed by atoms with van der Waals surface area (Å²) < 4.78 is 17.4. The fraction of sp³-hybridized carbons (Fsp3) is 1.00. The van der Waals surface area contributed by atoms with Gasteiger partial charge in [-0.3, -0.25) is 0 Å². The van der Waals surface area contributed by atoms with Crippen LogP contribution in [0.1, 0.15) is 20.8 Å². The largest absolute Gasteiger partial charge is 0.394 e. The number of hydrogen-bond donors (Lipinski definition) is 2. The van der Waals surface area contributed by atoms with Crippen LogP contribution < -0.4 is 0 Å². The minimum Gasteiger partial charge on any atom is -0.394 e. The molecule has 15 heavy (non-hydrogen) atoms. The van der Waals surface area contributed by atoms with Crippen molar-refractivity contribution in [3.8, 4) is 0 Å². The van der Waals surface area contributed by atoms with Crippen molar-refractivity contribution in [1.29, 1.82) is 1.43 Å². The second-order valence-electron chi connectivity index (χ2n) is 4.46. The third-order valence-corrected chi connectivity index (χ3v) is 3.73. The lowest BCUT2D eigenvalue weighted by molar-refractivity contribution is -0.175.